The van der Waals surface area contributed by atoms with Crippen LogP contribution < -0.4 is 0 Å². The Kier molecular flexibility index (Phi) is 4.30. The number of aryl methyl sites for hydroxylation is 2. The molecule has 0 N–H and O–H groups in total. The summed E-state index contributed by atoms with van der Waals surface area (Å²) in [5.41, 5.74) is 4.87. The highest BCUT2D eigenvalue weighted by Crippen LogP contribution is 2.30. The number of carbonyl (C=O) groups is 1. The summed E-state index contributed by atoms with van der Waals surface area (Å²) in [6.07, 6.45) is 2.52. The summed E-state index contributed by atoms with van der Waals surface area (Å²) in [4.78, 5) is 14.9. The van der Waals surface area contributed by atoms with E-state index in [-0.39, 0.29) is 11.9 Å². The van der Waals surface area contributed by atoms with Crippen LogP contribution in [0.5, 0.6) is 0 Å². The lowest BCUT2D eigenvalue weighted by Gasteiger charge is -2.28. The van der Waals surface area contributed by atoms with Gasteiger partial charge in [-0.2, -0.15) is 5.10 Å². The maximum atomic E-state index is 13.0. The third-order valence-corrected chi connectivity index (χ3v) is 5.14. The lowest BCUT2D eigenvalue weighted by Crippen LogP contribution is -2.36. The first-order valence-corrected chi connectivity index (χ1v) is 9.26. The minimum absolute atomic E-state index is 0.0597. The molecule has 4 rings (SSSR count). The van der Waals surface area contributed by atoms with E-state index in [4.69, 9.17) is 5.10 Å². The number of benzene rings is 1. The Balaban J connectivity index is 1.70. The first kappa shape index (κ1) is 17.5. The van der Waals surface area contributed by atoms with Crippen molar-refractivity contribution >= 4 is 5.91 Å². The molecule has 0 saturated heterocycles. The fraction of sp³-hybridized carbons (Fsp3) is 0.400. The van der Waals surface area contributed by atoms with E-state index in [1.165, 1.54) is 0 Å². The Morgan fingerprint density at radius 1 is 1.26 bits per heavy atom. The molecule has 1 aromatic carbocycles. The Labute approximate surface area is 158 Å². The summed E-state index contributed by atoms with van der Waals surface area (Å²) in [5.74, 6) is 0.816. The van der Waals surface area contributed by atoms with Crippen molar-refractivity contribution < 1.29 is 4.79 Å². The number of rotatable bonds is 3. The van der Waals surface area contributed by atoms with E-state index in [1.54, 1.807) is 6.33 Å². The fourth-order valence-electron chi connectivity index (χ4n) is 3.70. The van der Waals surface area contributed by atoms with Gasteiger partial charge in [-0.3, -0.25) is 9.48 Å². The molecule has 0 aliphatic carbocycles. The Bertz CT molecular complexity index is 1000. The topological polar surface area (TPSA) is 68.8 Å². The van der Waals surface area contributed by atoms with E-state index in [0.29, 0.717) is 13.1 Å². The van der Waals surface area contributed by atoms with E-state index in [0.717, 1.165) is 40.3 Å². The monoisotopic (exact) mass is 364 g/mol. The van der Waals surface area contributed by atoms with Crippen LogP contribution >= 0.6 is 0 Å². The molecule has 0 fully saturated rings. The van der Waals surface area contributed by atoms with Crippen molar-refractivity contribution in [1.82, 2.24) is 29.4 Å². The third-order valence-electron chi connectivity index (χ3n) is 5.14. The minimum atomic E-state index is 0.0597. The van der Waals surface area contributed by atoms with Crippen LogP contribution in [0.3, 0.4) is 0 Å². The van der Waals surface area contributed by atoms with Crippen LogP contribution in [0.1, 0.15) is 47.1 Å². The molecule has 3 heterocycles. The van der Waals surface area contributed by atoms with E-state index >= 15 is 0 Å². The molecule has 7 heteroatoms. The van der Waals surface area contributed by atoms with Crippen LogP contribution in [-0.2, 0) is 20.0 Å². The van der Waals surface area contributed by atoms with Crippen molar-refractivity contribution in [3.8, 4) is 11.5 Å². The summed E-state index contributed by atoms with van der Waals surface area (Å²) in [7, 11) is 1.95. The zero-order valence-corrected chi connectivity index (χ0v) is 16.2. The van der Waals surface area contributed by atoms with Gasteiger partial charge in [-0.15, -0.1) is 10.2 Å². The first-order chi connectivity index (χ1) is 13.0. The van der Waals surface area contributed by atoms with Crippen molar-refractivity contribution in [2.75, 3.05) is 6.54 Å². The minimum Gasteiger partial charge on any atom is -0.334 e. The number of nitrogens with zero attached hydrogens (tertiary/aromatic N) is 6. The molecule has 3 aromatic rings. The summed E-state index contributed by atoms with van der Waals surface area (Å²) in [5, 5.41) is 13.1. The highest BCUT2D eigenvalue weighted by atomic mass is 16.2. The van der Waals surface area contributed by atoms with Gasteiger partial charge in [0.2, 0.25) is 0 Å². The van der Waals surface area contributed by atoms with Gasteiger partial charge in [0.15, 0.2) is 5.82 Å². The molecule has 1 aliphatic rings. The second-order valence-corrected chi connectivity index (χ2v) is 7.40. The molecule has 2 aromatic heterocycles. The van der Waals surface area contributed by atoms with Crippen LogP contribution in [0, 0.1) is 6.92 Å². The number of amides is 1. The van der Waals surface area contributed by atoms with Crippen molar-refractivity contribution in [3.63, 3.8) is 0 Å². The number of hydrogen-bond donors (Lipinski definition) is 0. The summed E-state index contributed by atoms with van der Waals surface area (Å²) >= 11 is 0. The molecule has 0 saturated carbocycles. The lowest BCUT2D eigenvalue weighted by molar-refractivity contribution is 0.0733. The van der Waals surface area contributed by atoms with Gasteiger partial charge in [0.1, 0.15) is 12.0 Å². The summed E-state index contributed by atoms with van der Waals surface area (Å²) in [6, 6.07) is 7.99. The predicted octanol–water partition coefficient (Wildman–Crippen LogP) is 2.77. The second-order valence-electron chi connectivity index (χ2n) is 7.40. The maximum Gasteiger partial charge on any atom is 0.254 e. The summed E-state index contributed by atoms with van der Waals surface area (Å²) < 4.78 is 3.93. The maximum absolute atomic E-state index is 13.0. The smallest absolute Gasteiger partial charge is 0.254 e. The van der Waals surface area contributed by atoms with Gasteiger partial charge in [-0.05, 0) is 32.9 Å². The molecular formula is C20H24N6O. The summed E-state index contributed by atoms with van der Waals surface area (Å²) in [6.45, 7) is 7.42. The van der Waals surface area contributed by atoms with E-state index in [1.807, 2.05) is 52.4 Å². The van der Waals surface area contributed by atoms with Gasteiger partial charge in [0.05, 0.1) is 6.54 Å². The van der Waals surface area contributed by atoms with Crippen LogP contribution in [0.2, 0.25) is 0 Å². The Hall–Kier alpha value is -2.96. The van der Waals surface area contributed by atoms with Crippen molar-refractivity contribution in [1.29, 1.82) is 0 Å². The van der Waals surface area contributed by atoms with Gasteiger partial charge in [0.25, 0.3) is 5.91 Å². The van der Waals surface area contributed by atoms with Crippen LogP contribution in [0.4, 0.5) is 0 Å². The van der Waals surface area contributed by atoms with Crippen LogP contribution in [-0.4, -0.2) is 41.9 Å². The van der Waals surface area contributed by atoms with Crippen LogP contribution in [0.15, 0.2) is 30.6 Å². The normalized spacial score (nSPS) is 13.9. The van der Waals surface area contributed by atoms with Gasteiger partial charge < -0.3 is 9.47 Å². The molecule has 0 radical (unpaired) electrons. The zero-order valence-electron chi connectivity index (χ0n) is 16.2. The highest BCUT2D eigenvalue weighted by molar-refractivity contribution is 5.94. The van der Waals surface area contributed by atoms with Crippen molar-refractivity contribution in [2.24, 2.45) is 7.05 Å². The molecular weight excluding hydrogens is 340 g/mol. The van der Waals surface area contributed by atoms with E-state index < -0.39 is 0 Å². The van der Waals surface area contributed by atoms with Crippen molar-refractivity contribution in [3.05, 3.63) is 53.0 Å². The quantitative estimate of drug-likeness (QED) is 0.717. The zero-order chi connectivity index (χ0) is 19.1. The van der Waals surface area contributed by atoms with Gasteiger partial charge in [-0.1, -0.05) is 17.7 Å². The molecule has 7 nitrogen and oxygen atoms in total. The number of carbonyl (C=O) groups excluding carboxylic acids is 1. The van der Waals surface area contributed by atoms with Gasteiger partial charge >= 0.3 is 0 Å². The highest BCUT2D eigenvalue weighted by Gasteiger charge is 2.29. The van der Waals surface area contributed by atoms with Crippen molar-refractivity contribution in [2.45, 2.75) is 39.8 Å². The average Bonchev–Trinajstić information content (AvgIpc) is 3.25. The van der Waals surface area contributed by atoms with E-state index in [9.17, 15) is 4.79 Å². The Morgan fingerprint density at radius 3 is 2.81 bits per heavy atom. The van der Waals surface area contributed by atoms with Gasteiger partial charge in [-0.25, -0.2) is 0 Å². The van der Waals surface area contributed by atoms with Crippen LogP contribution in [0.25, 0.3) is 11.5 Å². The lowest BCUT2D eigenvalue weighted by atomic mass is 10.0. The molecule has 1 aliphatic heterocycles. The SMILES string of the molecule is Cc1cccc(C(=O)N2CCc3c(c(-c4nncn4C(C)C)nn3C)C2)c1. The number of hydrogen-bond acceptors (Lipinski definition) is 4. The second kappa shape index (κ2) is 6.64. The molecule has 140 valence electrons. The van der Waals surface area contributed by atoms with E-state index in [2.05, 4.69) is 24.0 Å². The first-order valence-electron chi connectivity index (χ1n) is 9.26. The molecule has 0 unspecified atom stereocenters. The predicted molar refractivity (Wildman–Crippen MR) is 102 cm³/mol. The molecule has 0 spiro atoms. The van der Waals surface area contributed by atoms with Gasteiger partial charge in [0, 0.05) is 42.9 Å². The standard InChI is InChI=1S/C20H24N6O/c1-13(2)26-12-21-22-19(26)18-16-11-25(9-8-17(16)24(4)23-18)20(27)15-7-5-6-14(3)10-15/h5-7,10,12-13H,8-9,11H2,1-4H3. The molecule has 0 atom stereocenters. The third kappa shape index (κ3) is 3.03. The molecule has 27 heavy (non-hydrogen) atoms. The molecule has 1 amide bonds. The largest absolute Gasteiger partial charge is 0.334 e. The molecule has 0 bridgehead atoms. The fourth-order valence-corrected chi connectivity index (χ4v) is 3.70. The number of fused-ring (bicyclic) bond motifs is 1. The average molecular weight is 364 g/mol. The Morgan fingerprint density at radius 2 is 2.07 bits per heavy atom. The number of aromatic nitrogens is 5.